The van der Waals surface area contributed by atoms with E-state index in [1.165, 1.54) is 28.2 Å². The zero-order valence-electron chi connectivity index (χ0n) is 18.6. The van der Waals surface area contributed by atoms with Crippen molar-refractivity contribution in [2.24, 2.45) is 0 Å². The molecule has 8 heteroatoms. The van der Waals surface area contributed by atoms with Gasteiger partial charge in [-0.3, -0.25) is 24.6 Å². The molecule has 0 spiro atoms. The Morgan fingerprint density at radius 1 is 1.06 bits per heavy atom. The number of piperidine rings is 1. The number of nitrogens with one attached hydrogen (secondary N) is 1. The fourth-order valence-corrected chi connectivity index (χ4v) is 5.06. The van der Waals surface area contributed by atoms with Gasteiger partial charge in [0.25, 0.3) is 5.91 Å². The minimum Gasteiger partial charge on any atom is -0.369 e. The maximum Gasteiger partial charge on any atom is 0.255 e. The van der Waals surface area contributed by atoms with Gasteiger partial charge in [-0.25, -0.2) is 4.39 Å². The Labute approximate surface area is 192 Å². The maximum atomic E-state index is 14.5. The molecule has 1 N–H and O–H groups in total. The number of amides is 3. The molecule has 172 valence electrons. The van der Waals surface area contributed by atoms with E-state index in [0.29, 0.717) is 12.0 Å². The Morgan fingerprint density at radius 2 is 1.82 bits per heavy atom. The van der Waals surface area contributed by atoms with Crippen molar-refractivity contribution < 1.29 is 18.8 Å². The van der Waals surface area contributed by atoms with Crippen molar-refractivity contribution in [1.29, 1.82) is 0 Å². The number of imide groups is 1. The molecule has 2 aromatic carbocycles. The van der Waals surface area contributed by atoms with Crippen LogP contribution in [-0.2, 0) is 22.7 Å². The van der Waals surface area contributed by atoms with Crippen molar-refractivity contribution in [3.8, 4) is 0 Å². The standard InChI is InChI=1S/C25H27FN4O3/c1-16-4-2-3-5-17(16)14-28-8-10-29(11-9-28)22-13-18(26)12-19-20(22)15-30(25(19)33)21-6-7-23(31)27-24(21)32/h2-5,12-13,21H,6-11,14-15H2,1H3,(H,27,31,32). The van der Waals surface area contributed by atoms with Crippen molar-refractivity contribution >= 4 is 23.4 Å². The average Bonchev–Trinajstić information content (AvgIpc) is 3.11. The second-order valence-corrected chi connectivity index (χ2v) is 9.04. The molecule has 3 aliphatic heterocycles. The summed E-state index contributed by atoms with van der Waals surface area (Å²) in [5, 5.41) is 2.31. The number of benzene rings is 2. The maximum absolute atomic E-state index is 14.5. The first-order valence-electron chi connectivity index (χ1n) is 11.4. The zero-order chi connectivity index (χ0) is 23.1. The van der Waals surface area contributed by atoms with Gasteiger partial charge in [-0.1, -0.05) is 24.3 Å². The molecule has 2 fully saturated rings. The summed E-state index contributed by atoms with van der Waals surface area (Å²) in [5.74, 6) is -1.59. The molecule has 1 unspecified atom stereocenters. The second kappa shape index (κ2) is 8.59. The number of fused-ring (bicyclic) bond motifs is 1. The lowest BCUT2D eigenvalue weighted by Gasteiger charge is -2.37. The van der Waals surface area contributed by atoms with E-state index in [4.69, 9.17) is 0 Å². The summed E-state index contributed by atoms with van der Waals surface area (Å²) >= 11 is 0. The Kier molecular flexibility index (Phi) is 5.62. The molecule has 0 bridgehead atoms. The summed E-state index contributed by atoms with van der Waals surface area (Å²) < 4.78 is 14.5. The average molecular weight is 451 g/mol. The van der Waals surface area contributed by atoms with Crippen molar-refractivity contribution in [2.45, 2.75) is 38.9 Å². The van der Waals surface area contributed by atoms with Gasteiger partial charge in [-0.15, -0.1) is 0 Å². The number of hydrogen-bond donors (Lipinski definition) is 1. The van der Waals surface area contributed by atoms with Gasteiger partial charge in [0.15, 0.2) is 0 Å². The third-order valence-corrected chi connectivity index (χ3v) is 6.97. The van der Waals surface area contributed by atoms with Gasteiger partial charge >= 0.3 is 0 Å². The number of rotatable bonds is 4. The summed E-state index contributed by atoms with van der Waals surface area (Å²) in [4.78, 5) is 42.9. The molecule has 1 atom stereocenters. The lowest BCUT2D eigenvalue weighted by Crippen LogP contribution is -2.52. The normalized spacial score (nSPS) is 21.4. The van der Waals surface area contributed by atoms with E-state index in [2.05, 4.69) is 40.2 Å². The van der Waals surface area contributed by atoms with Crippen LogP contribution in [0.15, 0.2) is 36.4 Å². The monoisotopic (exact) mass is 450 g/mol. The van der Waals surface area contributed by atoms with Crippen molar-refractivity contribution in [1.82, 2.24) is 15.1 Å². The van der Waals surface area contributed by atoms with Gasteiger partial charge in [0.1, 0.15) is 11.9 Å². The number of hydrogen-bond acceptors (Lipinski definition) is 5. The molecular formula is C25H27FN4O3. The molecular weight excluding hydrogens is 423 g/mol. The molecule has 3 aliphatic rings. The van der Waals surface area contributed by atoms with E-state index in [9.17, 15) is 18.8 Å². The Balaban J connectivity index is 1.32. The first kappa shape index (κ1) is 21.6. The van der Waals surface area contributed by atoms with Gasteiger partial charge < -0.3 is 9.80 Å². The van der Waals surface area contributed by atoms with Gasteiger partial charge in [-0.2, -0.15) is 0 Å². The smallest absolute Gasteiger partial charge is 0.255 e. The molecule has 3 heterocycles. The largest absolute Gasteiger partial charge is 0.369 e. The third-order valence-electron chi connectivity index (χ3n) is 6.97. The SMILES string of the molecule is Cc1ccccc1CN1CCN(c2cc(F)cc3c2CN(C2CCC(=O)NC2=O)C3=O)CC1. The van der Waals surface area contributed by atoms with Crippen LogP contribution in [0.2, 0.25) is 0 Å². The zero-order valence-corrected chi connectivity index (χ0v) is 18.6. The van der Waals surface area contributed by atoms with Crippen LogP contribution >= 0.6 is 0 Å². The third kappa shape index (κ3) is 4.11. The summed E-state index contributed by atoms with van der Waals surface area (Å²) in [6.45, 7) is 6.38. The Morgan fingerprint density at radius 3 is 2.55 bits per heavy atom. The minimum atomic E-state index is -0.704. The van der Waals surface area contributed by atoms with E-state index in [1.54, 1.807) is 0 Å². The van der Waals surface area contributed by atoms with Gasteiger partial charge in [0.2, 0.25) is 11.8 Å². The summed E-state index contributed by atoms with van der Waals surface area (Å²) in [5.41, 5.74) is 4.39. The topological polar surface area (TPSA) is 73.0 Å². The number of piperazine rings is 1. The van der Waals surface area contributed by atoms with Gasteiger partial charge in [-0.05, 0) is 36.6 Å². The van der Waals surface area contributed by atoms with Crippen LogP contribution in [0.1, 0.15) is 39.9 Å². The van der Waals surface area contributed by atoms with E-state index in [1.807, 2.05) is 6.07 Å². The highest BCUT2D eigenvalue weighted by atomic mass is 19.1. The minimum absolute atomic E-state index is 0.195. The second-order valence-electron chi connectivity index (χ2n) is 9.04. The van der Waals surface area contributed by atoms with Crippen LogP contribution in [0.25, 0.3) is 0 Å². The Bertz CT molecular complexity index is 1130. The summed E-state index contributed by atoms with van der Waals surface area (Å²) in [6, 6.07) is 10.4. The lowest BCUT2D eigenvalue weighted by molar-refractivity contribution is -0.136. The molecule has 33 heavy (non-hydrogen) atoms. The van der Waals surface area contributed by atoms with E-state index in [-0.39, 0.29) is 24.8 Å². The molecule has 0 aromatic heterocycles. The fourth-order valence-electron chi connectivity index (χ4n) is 5.06. The summed E-state index contributed by atoms with van der Waals surface area (Å²) in [6.07, 6.45) is 0.486. The van der Waals surface area contributed by atoms with Crippen LogP contribution in [-0.4, -0.2) is 59.7 Å². The number of carbonyl (C=O) groups is 3. The van der Waals surface area contributed by atoms with Gasteiger partial charge in [0, 0.05) is 62.5 Å². The first-order chi connectivity index (χ1) is 15.9. The quantitative estimate of drug-likeness (QED) is 0.724. The fraction of sp³-hybridized carbons (Fsp3) is 0.400. The molecule has 5 rings (SSSR count). The molecule has 0 radical (unpaired) electrons. The van der Waals surface area contributed by atoms with Crippen molar-refractivity contribution in [2.75, 3.05) is 31.1 Å². The van der Waals surface area contributed by atoms with E-state index in [0.717, 1.165) is 44.0 Å². The van der Waals surface area contributed by atoms with Gasteiger partial charge in [0.05, 0.1) is 0 Å². The lowest BCUT2D eigenvalue weighted by atomic mass is 10.0. The van der Waals surface area contributed by atoms with Crippen LogP contribution in [0.3, 0.4) is 0 Å². The van der Waals surface area contributed by atoms with E-state index < -0.39 is 17.8 Å². The number of halogens is 1. The highest BCUT2D eigenvalue weighted by Gasteiger charge is 2.41. The Hall–Kier alpha value is -3.26. The van der Waals surface area contributed by atoms with Crippen LogP contribution < -0.4 is 10.2 Å². The molecule has 0 aliphatic carbocycles. The summed E-state index contributed by atoms with van der Waals surface area (Å²) in [7, 11) is 0. The highest BCUT2D eigenvalue weighted by molar-refractivity contribution is 6.06. The van der Waals surface area contributed by atoms with Crippen LogP contribution in [0.5, 0.6) is 0 Å². The van der Waals surface area contributed by atoms with Crippen molar-refractivity contribution in [3.05, 3.63) is 64.5 Å². The predicted octanol–water partition coefficient (Wildman–Crippen LogP) is 2.22. The highest BCUT2D eigenvalue weighted by Crippen LogP contribution is 2.35. The number of aryl methyl sites for hydroxylation is 1. The molecule has 3 amide bonds. The van der Waals surface area contributed by atoms with Crippen LogP contribution in [0, 0.1) is 12.7 Å². The molecule has 7 nitrogen and oxygen atoms in total. The predicted molar refractivity (Wildman–Crippen MR) is 121 cm³/mol. The number of anilines is 1. The first-order valence-corrected chi connectivity index (χ1v) is 11.4. The van der Waals surface area contributed by atoms with Crippen molar-refractivity contribution in [3.63, 3.8) is 0 Å². The van der Waals surface area contributed by atoms with E-state index >= 15 is 0 Å². The number of nitrogens with zero attached hydrogens (tertiary/aromatic N) is 3. The molecule has 2 aromatic rings. The molecule has 2 saturated heterocycles. The number of carbonyl (C=O) groups excluding carboxylic acids is 3. The van der Waals surface area contributed by atoms with Crippen LogP contribution in [0.4, 0.5) is 10.1 Å². The molecule has 0 saturated carbocycles.